The molecule has 2 aromatic carbocycles. The van der Waals surface area contributed by atoms with Gasteiger partial charge in [-0.3, -0.25) is 4.79 Å². The van der Waals surface area contributed by atoms with E-state index in [9.17, 15) is 4.79 Å². The van der Waals surface area contributed by atoms with E-state index in [1.54, 1.807) is 5.06 Å². The van der Waals surface area contributed by atoms with Crippen LogP contribution < -0.4 is 0 Å². The number of hydroxylamine groups is 2. The SMILES string of the molecule is O=C1C[C@@H](c2ccccc2)N(Cc2ccccc2)O1. The molecule has 0 N–H and O–H groups in total. The largest absolute Gasteiger partial charge is 0.367 e. The van der Waals surface area contributed by atoms with Crippen LogP contribution in [0.1, 0.15) is 23.6 Å². The molecule has 3 rings (SSSR count). The fourth-order valence-electron chi connectivity index (χ4n) is 2.36. The summed E-state index contributed by atoms with van der Waals surface area (Å²) in [5.41, 5.74) is 2.25. The third kappa shape index (κ3) is 2.66. The van der Waals surface area contributed by atoms with Crippen molar-refractivity contribution in [3.05, 3.63) is 71.8 Å². The zero-order valence-electron chi connectivity index (χ0n) is 10.5. The third-order valence-electron chi connectivity index (χ3n) is 3.29. The van der Waals surface area contributed by atoms with Gasteiger partial charge in [0.25, 0.3) is 0 Å². The van der Waals surface area contributed by atoms with Gasteiger partial charge in [-0.05, 0) is 11.1 Å². The first-order valence-electron chi connectivity index (χ1n) is 6.39. The minimum absolute atomic E-state index is 0.00825. The van der Waals surface area contributed by atoms with Crippen molar-refractivity contribution in [2.75, 3.05) is 0 Å². The molecule has 1 fully saturated rings. The van der Waals surface area contributed by atoms with Gasteiger partial charge < -0.3 is 4.84 Å². The van der Waals surface area contributed by atoms with Crippen molar-refractivity contribution in [1.82, 2.24) is 5.06 Å². The van der Waals surface area contributed by atoms with Gasteiger partial charge in [0.2, 0.25) is 0 Å². The first-order chi connectivity index (χ1) is 9.33. The average molecular weight is 253 g/mol. The number of hydrogen-bond acceptors (Lipinski definition) is 3. The first kappa shape index (κ1) is 11.9. The van der Waals surface area contributed by atoms with E-state index in [4.69, 9.17) is 4.84 Å². The molecular weight excluding hydrogens is 238 g/mol. The lowest BCUT2D eigenvalue weighted by Crippen LogP contribution is -2.21. The van der Waals surface area contributed by atoms with E-state index in [0.29, 0.717) is 13.0 Å². The Balaban J connectivity index is 1.81. The van der Waals surface area contributed by atoms with Gasteiger partial charge in [0.15, 0.2) is 0 Å². The van der Waals surface area contributed by atoms with E-state index in [2.05, 4.69) is 0 Å². The van der Waals surface area contributed by atoms with Gasteiger partial charge in [-0.15, -0.1) is 5.06 Å². The second-order valence-electron chi connectivity index (χ2n) is 4.65. The lowest BCUT2D eigenvalue weighted by Gasteiger charge is -2.21. The summed E-state index contributed by atoms with van der Waals surface area (Å²) in [5, 5.41) is 1.77. The van der Waals surface area contributed by atoms with Gasteiger partial charge in [-0.1, -0.05) is 60.7 Å². The first-order valence-corrected chi connectivity index (χ1v) is 6.39. The fourth-order valence-corrected chi connectivity index (χ4v) is 2.36. The Morgan fingerprint density at radius 3 is 2.32 bits per heavy atom. The fraction of sp³-hybridized carbons (Fsp3) is 0.188. The quantitative estimate of drug-likeness (QED) is 0.841. The van der Waals surface area contributed by atoms with Crippen molar-refractivity contribution in [2.24, 2.45) is 0 Å². The molecule has 0 unspecified atom stereocenters. The van der Waals surface area contributed by atoms with Gasteiger partial charge in [0.1, 0.15) is 0 Å². The summed E-state index contributed by atoms with van der Waals surface area (Å²) in [6.45, 7) is 0.617. The normalized spacial score (nSPS) is 19.4. The highest BCUT2D eigenvalue weighted by Crippen LogP contribution is 2.32. The summed E-state index contributed by atoms with van der Waals surface area (Å²) in [5.74, 6) is -0.162. The zero-order chi connectivity index (χ0) is 13.1. The highest BCUT2D eigenvalue weighted by atomic mass is 16.7. The molecule has 0 amide bonds. The summed E-state index contributed by atoms with van der Waals surface area (Å²) >= 11 is 0. The summed E-state index contributed by atoms with van der Waals surface area (Å²) < 4.78 is 0. The molecule has 19 heavy (non-hydrogen) atoms. The number of carbonyl (C=O) groups is 1. The van der Waals surface area contributed by atoms with Crippen LogP contribution in [0.4, 0.5) is 0 Å². The third-order valence-corrected chi connectivity index (χ3v) is 3.29. The van der Waals surface area contributed by atoms with Crippen LogP contribution in [-0.2, 0) is 16.2 Å². The van der Waals surface area contributed by atoms with Crippen LogP contribution in [0, 0.1) is 0 Å². The number of nitrogens with zero attached hydrogens (tertiary/aromatic N) is 1. The van der Waals surface area contributed by atoms with Crippen molar-refractivity contribution < 1.29 is 9.63 Å². The molecule has 0 spiro atoms. The van der Waals surface area contributed by atoms with Crippen LogP contribution in [0.5, 0.6) is 0 Å². The molecule has 0 aromatic heterocycles. The van der Waals surface area contributed by atoms with E-state index >= 15 is 0 Å². The van der Waals surface area contributed by atoms with Crippen LogP contribution in [0.3, 0.4) is 0 Å². The zero-order valence-corrected chi connectivity index (χ0v) is 10.5. The molecule has 0 saturated carbocycles. The predicted octanol–water partition coefficient (Wildman–Crippen LogP) is 3.09. The molecule has 3 heteroatoms. The highest BCUT2D eigenvalue weighted by Gasteiger charge is 2.33. The Bertz CT molecular complexity index is 553. The van der Waals surface area contributed by atoms with Crippen molar-refractivity contribution in [1.29, 1.82) is 0 Å². The molecule has 1 aliphatic heterocycles. The molecule has 0 aliphatic carbocycles. The van der Waals surface area contributed by atoms with E-state index in [0.717, 1.165) is 11.1 Å². The summed E-state index contributed by atoms with van der Waals surface area (Å²) in [6, 6.07) is 20.1. The lowest BCUT2D eigenvalue weighted by molar-refractivity contribution is -0.178. The Morgan fingerprint density at radius 1 is 1.00 bits per heavy atom. The summed E-state index contributed by atoms with van der Waals surface area (Å²) in [4.78, 5) is 16.9. The molecule has 1 aliphatic rings. The number of rotatable bonds is 3. The van der Waals surface area contributed by atoms with Crippen molar-refractivity contribution in [3.63, 3.8) is 0 Å². The lowest BCUT2D eigenvalue weighted by atomic mass is 10.0. The second kappa shape index (κ2) is 5.24. The topological polar surface area (TPSA) is 29.5 Å². The van der Waals surface area contributed by atoms with Crippen LogP contribution in [-0.4, -0.2) is 11.0 Å². The second-order valence-corrected chi connectivity index (χ2v) is 4.65. The molecule has 2 aromatic rings. The molecule has 1 heterocycles. The monoisotopic (exact) mass is 253 g/mol. The van der Waals surface area contributed by atoms with Crippen LogP contribution >= 0.6 is 0 Å². The van der Waals surface area contributed by atoms with E-state index in [1.807, 2.05) is 60.7 Å². The molecule has 96 valence electrons. The molecular formula is C16H15NO2. The van der Waals surface area contributed by atoms with Gasteiger partial charge in [-0.2, -0.15) is 0 Å². The summed E-state index contributed by atoms with van der Waals surface area (Å²) in [7, 11) is 0. The Hall–Kier alpha value is -2.13. The highest BCUT2D eigenvalue weighted by molar-refractivity contribution is 5.72. The Kier molecular flexibility index (Phi) is 3.29. The maximum absolute atomic E-state index is 11.6. The smallest absolute Gasteiger partial charge is 0.327 e. The maximum atomic E-state index is 11.6. The summed E-state index contributed by atoms with van der Waals surface area (Å²) in [6.07, 6.45) is 0.414. The molecule has 1 saturated heterocycles. The van der Waals surface area contributed by atoms with Crippen molar-refractivity contribution in [2.45, 2.75) is 19.0 Å². The van der Waals surface area contributed by atoms with E-state index in [1.165, 1.54) is 0 Å². The Labute approximate surface area is 112 Å². The van der Waals surface area contributed by atoms with Crippen molar-refractivity contribution in [3.8, 4) is 0 Å². The number of carbonyl (C=O) groups excluding carboxylic acids is 1. The van der Waals surface area contributed by atoms with Crippen LogP contribution in [0.15, 0.2) is 60.7 Å². The molecule has 0 bridgehead atoms. The standard InChI is InChI=1S/C16H15NO2/c18-16-11-15(14-9-5-2-6-10-14)17(19-16)12-13-7-3-1-4-8-13/h1-10,15H,11-12H2/t15-/m0/s1. The molecule has 0 radical (unpaired) electrons. The average Bonchev–Trinajstić information content (AvgIpc) is 2.82. The molecule has 1 atom stereocenters. The number of benzene rings is 2. The molecule has 3 nitrogen and oxygen atoms in total. The van der Waals surface area contributed by atoms with Gasteiger partial charge >= 0.3 is 5.97 Å². The number of hydrogen-bond donors (Lipinski definition) is 0. The van der Waals surface area contributed by atoms with Crippen LogP contribution in [0.2, 0.25) is 0 Å². The van der Waals surface area contributed by atoms with Crippen molar-refractivity contribution >= 4 is 5.97 Å². The van der Waals surface area contributed by atoms with Crippen LogP contribution in [0.25, 0.3) is 0 Å². The van der Waals surface area contributed by atoms with E-state index in [-0.39, 0.29) is 12.0 Å². The van der Waals surface area contributed by atoms with Gasteiger partial charge in [0.05, 0.1) is 19.0 Å². The minimum atomic E-state index is -0.162. The minimum Gasteiger partial charge on any atom is -0.367 e. The van der Waals surface area contributed by atoms with E-state index < -0.39 is 0 Å². The van der Waals surface area contributed by atoms with Gasteiger partial charge in [-0.25, -0.2) is 0 Å². The van der Waals surface area contributed by atoms with Gasteiger partial charge in [0, 0.05) is 0 Å². The maximum Gasteiger partial charge on any atom is 0.327 e. The Morgan fingerprint density at radius 2 is 1.63 bits per heavy atom. The predicted molar refractivity (Wildman–Crippen MR) is 71.9 cm³/mol.